The van der Waals surface area contributed by atoms with E-state index < -0.39 is 0 Å². The highest BCUT2D eigenvalue weighted by atomic mass is 16.5. The summed E-state index contributed by atoms with van der Waals surface area (Å²) in [6.45, 7) is 8.58. The van der Waals surface area contributed by atoms with Crippen molar-refractivity contribution in [3.05, 3.63) is 0 Å². The maximum Gasteiger partial charge on any atom is 0.0587 e. The monoisotopic (exact) mass is 266 g/mol. The third-order valence-corrected chi connectivity index (χ3v) is 5.33. The predicted molar refractivity (Wildman–Crippen MR) is 78.5 cm³/mol. The lowest BCUT2D eigenvalue weighted by atomic mass is 9.96. The average molecular weight is 266 g/mol. The SMILES string of the molecule is CC1CN2CCCCC2CN1CCC1CCCCO1. The third kappa shape index (κ3) is 3.50. The van der Waals surface area contributed by atoms with Crippen molar-refractivity contribution in [3.8, 4) is 0 Å². The molecule has 0 saturated carbocycles. The van der Waals surface area contributed by atoms with E-state index in [0.29, 0.717) is 6.10 Å². The van der Waals surface area contributed by atoms with Gasteiger partial charge in [-0.05, 0) is 52.0 Å². The van der Waals surface area contributed by atoms with E-state index >= 15 is 0 Å². The van der Waals surface area contributed by atoms with Gasteiger partial charge in [-0.1, -0.05) is 6.42 Å². The van der Waals surface area contributed by atoms with E-state index in [1.54, 1.807) is 0 Å². The number of ether oxygens (including phenoxy) is 1. The number of piperidine rings is 1. The molecule has 110 valence electrons. The van der Waals surface area contributed by atoms with Gasteiger partial charge >= 0.3 is 0 Å². The molecule has 0 aromatic carbocycles. The minimum absolute atomic E-state index is 0.547. The molecule has 0 N–H and O–H groups in total. The zero-order valence-electron chi connectivity index (χ0n) is 12.5. The summed E-state index contributed by atoms with van der Waals surface area (Å²) in [5, 5.41) is 0. The van der Waals surface area contributed by atoms with Crippen LogP contribution in [-0.2, 0) is 4.74 Å². The molecule has 3 heterocycles. The molecule has 0 aliphatic carbocycles. The van der Waals surface area contributed by atoms with Crippen molar-refractivity contribution in [1.82, 2.24) is 9.80 Å². The molecular formula is C16H30N2O. The van der Waals surface area contributed by atoms with Gasteiger partial charge in [-0.2, -0.15) is 0 Å². The number of fused-ring (bicyclic) bond motifs is 1. The molecule has 0 bridgehead atoms. The van der Waals surface area contributed by atoms with Crippen LogP contribution in [0.3, 0.4) is 0 Å². The maximum atomic E-state index is 5.87. The highest BCUT2D eigenvalue weighted by Crippen LogP contribution is 2.25. The Morgan fingerprint density at radius 1 is 1.05 bits per heavy atom. The second-order valence-corrected chi connectivity index (χ2v) is 6.77. The number of piperazine rings is 1. The molecule has 3 saturated heterocycles. The van der Waals surface area contributed by atoms with Crippen molar-refractivity contribution in [1.29, 1.82) is 0 Å². The zero-order chi connectivity index (χ0) is 13.1. The summed E-state index contributed by atoms with van der Waals surface area (Å²) >= 11 is 0. The van der Waals surface area contributed by atoms with E-state index in [4.69, 9.17) is 4.74 Å². The molecule has 3 heteroatoms. The summed E-state index contributed by atoms with van der Waals surface area (Å²) < 4.78 is 5.87. The second kappa shape index (κ2) is 6.55. The highest BCUT2D eigenvalue weighted by Gasteiger charge is 2.32. The summed E-state index contributed by atoms with van der Waals surface area (Å²) in [7, 11) is 0. The van der Waals surface area contributed by atoms with Gasteiger partial charge < -0.3 is 4.74 Å². The normalized spacial score (nSPS) is 38.1. The Balaban J connectivity index is 1.47. The minimum Gasteiger partial charge on any atom is -0.378 e. The Bertz CT molecular complexity index is 278. The first-order valence-electron chi connectivity index (χ1n) is 8.42. The third-order valence-electron chi connectivity index (χ3n) is 5.33. The fourth-order valence-corrected chi connectivity index (χ4v) is 4.07. The van der Waals surface area contributed by atoms with Crippen molar-refractivity contribution in [2.45, 2.75) is 70.1 Å². The molecule has 3 aliphatic rings. The van der Waals surface area contributed by atoms with Gasteiger partial charge in [-0.3, -0.25) is 9.80 Å². The molecule has 0 aromatic rings. The molecule has 3 nitrogen and oxygen atoms in total. The van der Waals surface area contributed by atoms with Gasteiger partial charge in [0, 0.05) is 38.3 Å². The summed E-state index contributed by atoms with van der Waals surface area (Å²) in [5.41, 5.74) is 0. The van der Waals surface area contributed by atoms with Crippen LogP contribution in [0.4, 0.5) is 0 Å². The lowest BCUT2D eigenvalue weighted by Gasteiger charge is -2.47. The van der Waals surface area contributed by atoms with E-state index in [1.165, 1.54) is 71.1 Å². The molecule has 0 spiro atoms. The van der Waals surface area contributed by atoms with Gasteiger partial charge in [0.2, 0.25) is 0 Å². The van der Waals surface area contributed by atoms with Crippen LogP contribution in [0.25, 0.3) is 0 Å². The van der Waals surface area contributed by atoms with E-state index in [9.17, 15) is 0 Å². The number of rotatable bonds is 3. The smallest absolute Gasteiger partial charge is 0.0587 e. The summed E-state index contributed by atoms with van der Waals surface area (Å²) in [6.07, 6.45) is 10.0. The van der Waals surface area contributed by atoms with Crippen LogP contribution in [0.15, 0.2) is 0 Å². The number of nitrogens with zero attached hydrogens (tertiary/aromatic N) is 2. The Morgan fingerprint density at radius 3 is 2.79 bits per heavy atom. The standard InChI is InChI=1S/C16H30N2O/c1-14-12-18-9-4-2-6-15(18)13-17(14)10-8-16-7-3-5-11-19-16/h14-16H,2-13H2,1H3. The number of hydrogen-bond acceptors (Lipinski definition) is 3. The maximum absolute atomic E-state index is 5.87. The average Bonchev–Trinajstić information content (AvgIpc) is 2.46. The van der Waals surface area contributed by atoms with Gasteiger partial charge in [0.05, 0.1) is 6.10 Å². The Labute approximate surface area is 118 Å². The lowest BCUT2D eigenvalue weighted by molar-refractivity contribution is -0.0170. The quantitative estimate of drug-likeness (QED) is 0.780. The van der Waals surface area contributed by atoms with Gasteiger partial charge in [-0.15, -0.1) is 0 Å². The van der Waals surface area contributed by atoms with Crippen molar-refractivity contribution in [2.24, 2.45) is 0 Å². The first-order valence-corrected chi connectivity index (χ1v) is 8.42. The van der Waals surface area contributed by atoms with Crippen molar-refractivity contribution >= 4 is 0 Å². The van der Waals surface area contributed by atoms with Crippen molar-refractivity contribution < 1.29 is 4.74 Å². The van der Waals surface area contributed by atoms with Gasteiger partial charge in [0.15, 0.2) is 0 Å². The molecule has 0 amide bonds. The molecule has 3 atom stereocenters. The summed E-state index contributed by atoms with van der Waals surface area (Å²) in [5.74, 6) is 0. The lowest BCUT2D eigenvalue weighted by Crippen LogP contribution is -2.58. The fraction of sp³-hybridized carbons (Fsp3) is 1.00. The van der Waals surface area contributed by atoms with E-state index in [0.717, 1.165) is 18.7 Å². The van der Waals surface area contributed by atoms with Crippen LogP contribution >= 0.6 is 0 Å². The second-order valence-electron chi connectivity index (χ2n) is 6.77. The molecule has 3 fully saturated rings. The Morgan fingerprint density at radius 2 is 1.95 bits per heavy atom. The molecule has 3 rings (SSSR count). The molecule has 3 unspecified atom stereocenters. The minimum atomic E-state index is 0.547. The van der Waals surface area contributed by atoms with Crippen molar-refractivity contribution in [3.63, 3.8) is 0 Å². The molecule has 0 radical (unpaired) electrons. The topological polar surface area (TPSA) is 15.7 Å². The fourth-order valence-electron chi connectivity index (χ4n) is 4.07. The summed E-state index contributed by atoms with van der Waals surface area (Å²) in [4.78, 5) is 5.46. The van der Waals surface area contributed by atoms with E-state index in [1.807, 2.05) is 0 Å². The first kappa shape index (κ1) is 13.8. The molecular weight excluding hydrogens is 236 g/mol. The first-order chi connectivity index (χ1) is 9.33. The van der Waals surface area contributed by atoms with Crippen LogP contribution < -0.4 is 0 Å². The zero-order valence-corrected chi connectivity index (χ0v) is 12.5. The Hall–Kier alpha value is -0.120. The van der Waals surface area contributed by atoms with Crippen LogP contribution in [0.2, 0.25) is 0 Å². The Kier molecular flexibility index (Phi) is 4.78. The molecule has 0 aromatic heterocycles. The van der Waals surface area contributed by atoms with E-state index in [2.05, 4.69) is 16.7 Å². The van der Waals surface area contributed by atoms with Gasteiger partial charge in [-0.25, -0.2) is 0 Å². The molecule has 19 heavy (non-hydrogen) atoms. The van der Waals surface area contributed by atoms with Gasteiger partial charge in [0.1, 0.15) is 0 Å². The van der Waals surface area contributed by atoms with Crippen LogP contribution in [0, 0.1) is 0 Å². The largest absolute Gasteiger partial charge is 0.378 e. The molecule has 3 aliphatic heterocycles. The highest BCUT2D eigenvalue weighted by molar-refractivity contribution is 4.89. The van der Waals surface area contributed by atoms with Crippen LogP contribution in [0.5, 0.6) is 0 Å². The predicted octanol–water partition coefficient (Wildman–Crippen LogP) is 2.50. The number of hydrogen-bond donors (Lipinski definition) is 0. The van der Waals surface area contributed by atoms with Gasteiger partial charge in [0.25, 0.3) is 0 Å². The summed E-state index contributed by atoms with van der Waals surface area (Å²) in [6, 6.07) is 1.58. The van der Waals surface area contributed by atoms with Crippen LogP contribution in [0.1, 0.15) is 51.9 Å². The van der Waals surface area contributed by atoms with Crippen LogP contribution in [-0.4, -0.2) is 60.8 Å². The van der Waals surface area contributed by atoms with Crippen molar-refractivity contribution in [2.75, 3.05) is 32.8 Å². The van der Waals surface area contributed by atoms with E-state index in [-0.39, 0.29) is 0 Å².